The average Bonchev–Trinajstić information content (AvgIpc) is 3.29. The van der Waals surface area contributed by atoms with E-state index in [4.69, 9.17) is 26.3 Å². The van der Waals surface area contributed by atoms with Gasteiger partial charge in [0.05, 0.1) is 11.4 Å². The first-order valence-corrected chi connectivity index (χ1v) is 17.0. The molecular formula is C37H41ClN4O2S. The van der Waals surface area contributed by atoms with Gasteiger partial charge >= 0.3 is 6.09 Å². The maximum Gasteiger partial charge on any atom is 0.410 e. The summed E-state index contributed by atoms with van der Waals surface area (Å²) >= 11 is 8.29. The van der Waals surface area contributed by atoms with Crippen LogP contribution < -0.4 is 0 Å². The first-order valence-electron chi connectivity index (χ1n) is 15.8. The molecule has 1 fully saturated rings. The quantitative estimate of drug-likeness (QED) is 0.201. The highest BCUT2D eigenvalue weighted by Gasteiger charge is 2.36. The summed E-state index contributed by atoms with van der Waals surface area (Å²) in [6.45, 7) is 10.0. The fraction of sp³-hybridized carbons (Fsp3) is 0.378. The number of hydrogen-bond donors (Lipinski definition) is 0. The standard InChI is InChI=1S/C37H41ClN4O2S/c1-25-24-42(35(40-25)45-30-11-6-5-7-12-30)19-9-10-27-22-28-23-29(38)14-15-31(28)33(34-32(27)13-8-18-39-34)26-16-20-41(21-17-26)36(43)44-37(2,3)4/h5-8,11-15,18,22-24,26,33H,9-10,16-17,19-21H2,1-4H3. The van der Waals surface area contributed by atoms with Crippen LogP contribution in [-0.2, 0) is 11.3 Å². The first kappa shape index (κ1) is 31.4. The topological polar surface area (TPSA) is 60.2 Å². The second-order valence-electron chi connectivity index (χ2n) is 13.0. The molecule has 0 saturated carbocycles. The van der Waals surface area contributed by atoms with Gasteiger partial charge in [-0.15, -0.1) is 0 Å². The van der Waals surface area contributed by atoms with Crippen LogP contribution in [0.1, 0.15) is 80.5 Å². The number of fused-ring (bicyclic) bond motifs is 2. The van der Waals surface area contributed by atoms with Crippen molar-refractivity contribution in [1.82, 2.24) is 19.4 Å². The van der Waals surface area contributed by atoms with Crippen LogP contribution in [0, 0.1) is 12.8 Å². The molecular weight excluding hydrogens is 600 g/mol. The first-order chi connectivity index (χ1) is 21.6. The average molecular weight is 641 g/mol. The predicted molar refractivity (Wildman–Crippen MR) is 183 cm³/mol. The third-order valence-corrected chi connectivity index (χ3v) is 9.76. The molecule has 1 saturated heterocycles. The van der Waals surface area contributed by atoms with Gasteiger partial charge in [0.25, 0.3) is 0 Å². The number of hydrogen-bond acceptors (Lipinski definition) is 5. The number of aryl methyl sites for hydroxylation is 2. The molecule has 8 heteroatoms. The van der Waals surface area contributed by atoms with Gasteiger partial charge in [0.1, 0.15) is 5.60 Å². The molecule has 234 valence electrons. The molecule has 1 atom stereocenters. The Bertz CT molecular complexity index is 1690. The van der Waals surface area contributed by atoms with Crippen LogP contribution in [0.3, 0.4) is 0 Å². The van der Waals surface area contributed by atoms with Crippen molar-refractivity contribution in [2.75, 3.05) is 13.1 Å². The van der Waals surface area contributed by atoms with Gasteiger partial charge in [0.2, 0.25) is 0 Å². The number of amides is 1. The molecule has 45 heavy (non-hydrogen) atoms. The normalized spacial score (nSPS) is 16.9. The summed E-state index contributed by atoms with van der Waals surface area (Å²) in [7, 11) is 0. The Balaban J connectivity index is 1.24. The minimum atomic E-state index is -0.503. The number of rotatable bonds is 7. The third-order valence-electron chi connectivity index (χ3n) is 8.51. The number of allylic oxidation sites excluding steroid dienone is 1. The summed E-state index contributed by atoms with van der Waals surface area (Å²) in [4.78, 5) is 25.7. The zero-order chi connectivity index (χ0) is 31.6. The molecule has 0 bridgehead atoms. The maximum atomic E-state index is 12.8. The summed E-state index contributed by atoms with van der Waals surface area (Å²) in [6, 6.07) is 21.0. The molecule has 0 spiro atoms. The Hall–Kier alpha value is -3.55. The number of benzene rings is 2. The molecule has 2 aromatic heterocycles. The molecule has 2 aliphatic rings. The number of imidazole rings is 1. The summed E-state index contributed by atoms with van der Waals surface area (Å²) < 4.78 is 7.95. The maximum absolute atomic E-state index is 12.8. The van der Waals surface area contributed by atoms with Crippen molar-refractivity contribution in [2.24, 2.45) is 5.92 Å². The van der Waals surface area contributed by atoms with Crippen LogP contribution in [0.2, 0.25) is 5.02 Å². The van der Waals surface area contributed by atoms with E-state index in [9.17, 15) is 4.79 Å². The highest BCUT2D eigenvalue weighted by atomic mass is 35.5. The number of halogens is 1. The lowest BCUT2D eigenvalue weighted by Gasteiger charge is -2.37. The lowest BCUT2D eigenvalue weighted by atomic mass is 9.76. The molecule has 0 N–H and O–H groups in total. The summed E-state index contributed by atoms with van der Waals surface area (Å²) in [5.41, 5.74) is 6.57. The van der Waals surface area contributed by atoms with Crippen molar-refractivity contribution < 1.29 is 9.53 Å². The Kier molecular flexibility index (Phi) is 9.39. The molecule has 0 radical (unpaired) electrons. The van der Waals surface area contributed by atoms with Gasteiger partial charge in [-0.3, -0.25) is 4.98 Å². The third kappa shape index (κ3) is 7.47. The van der Waals surface area contributed by atoms with Crippen molar-refractivity contribution in [3.63, 3.8) is 0 Å². The van der Waals surface area contributed by atoms with E-state index in [1.54, 1.807) is 11.8 Å². The number of aromatic nitrogens is 3. The van der Waals surface area contributed by atoms with Gasteiger partial charge in [0.15, 0.2) is 5.16 Å². The van der Waals surface area contributed by atoms with Gasteiger partial charge in [-0.2, -0.15) is 0 Å². The number of ether oxygens (including phenoxy) is 1. The number of pyridine rings is 1. The molecule has 2 aromatic carbocycles. The monoisotopic (exact) mass is 640 g/mol. The number of carbonyl (C=O) groups excluding carboxylic acids is 1. The number of likely N-dealkylation sites (tertiary alicyclic amines) is 1. The summed E-state index contributed by atoms with van der Waals surface area (Å²) in [5, 5.41) is 1.75. The number of carbonyl (C=O) groups is 1. The van der Waals surface area contributed by atoms with Crippen LogP contribution in [0.5, 0.6) is 0 Å². The Labute approximate surface area is 275 Å². The van der Waals surface area contributed by atoms with Crippen LogP contribution in [0.15, 0.2) is 83.1 Å². The van der Waals surface area contributed by atoms with E-state index in [2.05, 4.69) is 66.2 Å². The van der Waals surface area contributed by atoms with Gasteiger partial charge in [-0.1, -0.05) is 59.8 Å². The number of piperidine rings is 1. The van der Waals surface area contributed by atoms with Crippen molar-refractivity contribution in [3.8, 4) is 0 Å². The predicted octanol–water partition coefficient (Wildman–Crippen LogP) is 9.50. The van der Waals surface area contributed by atoms with Crippen LogP contribution >= 0.6 is 23.4 Å². The zero-order valence-electron chi connectivity index (χ0n) is 26.5. The minimum absolute atomic E-state index is 0.119. The van der Waals surface area contributed by atoms with E-state index in [1.807, 2.05) is 50.1 Å². The summed E-state index contributed by atoms with van der Waals surface area (Å²) in [5.74, 6) is 0.463. The Morgan fingerprint density at radius 3 is 2.60 bits per heavy atom. The molecule has 6 rings (SSSR count). The molecule has 1 unspecified atom stereocenters. The van der Waals surface area contributed by atoms with Crippen LogP contribution in [0.4, 0.5) is 4.79 Å². The molecule has 1 aliphatic carbocycles. The number of nitrogens with zero attached hydrogens (tertiary/aromatic N) is 4. The van der Waals surface area contributed by atoms with Gasteiger partial charge in [-0.25, -0.2) is 9.78 Å². The minimum Gasteiger partial charge on any atom is -0.444 e. The Morgan fingerprint density at radius 2 is 1.84 bits per heavy atom. The van der Waals surface area contributed by atoms with Gasteiger partial charge < -0.3 is 14.2 Å². The van der Waals surface area contributed by atoms with E-state index in [-0.39, 0.29) is 12.0 Å². The van der Waals surface area contributed by atoms with Crippen molar-refractivity contribution in [2.45, 2.75) is 81.5 Å². The lowest BCUT2D eigenvalue weighted by Crippen LogP contribution is -2.42. The second kappa shape index (κ2) is 13.4. The molecule has 1 aliphatic heterocycles. The fourth-order valence-electron chi connectivity index (χ4n) is 6.53. The fourth-order valence-corrected chi connectivity index (χ4v) is 7.66. The van der Waals surface area contributed by atoms with E-state index in [0.717, 1.165) is 59.4 Å². The van der Waals surface area contributed by atoms with Gasteiger partial charge in [-0.05, 0) is 112 Å². The van der Waals surface area contributed by atoms with Crippen molar-refractivity contribution >= 4 is 41.1 Å². The molecule has 1 amide bonds. The largest absolute Gasteiger partial charge is 0.444 e. The zero-order valence-corrected chi connectivity index (χ0v) is 28.1. The smallest absolute Gasteiger partial charge is 0.410 e. The van der Waals surface area contributed by atoms with Crippen LogP contribution in [-0.4, -0.2) is 44.2 Å². The van der Waals surface area contributed by atoms with Crippen LogP contribution in [0.25, 0.3) is 11.6 Å². The van der Waals surface area contributed by atoms with Crippen molar-refractivity contribution in [1.29, 1.82) is 0 Å². The molecule has 6 nitrogen and oxygen atoms in total. The lowest BCUT2D eigenvalue weighted by molar-refractivity contribution is 0.0178. The Morgan fingerprint density at radius 1 is 1.07 bits per heavy atom. The second-order valence-corrected chi connectivity index (χ2v) is 14.5. The highest BCUT2D eigenvalue weighted by Crippen LogP contribution is 2.45. The molecule has 3 heterocycles. The molecule has 4 aromatic rings. The van der Waals surface area contributed by atoms with Gasteiger partial charge in [0, 0.05) is 47.9 Å². The van der Waals surface area contributed by atoms with E-state index in [0.29, 0.717) is 19.0 Å². The highest BCUT2D eigenvalue weighted by molar-refractivity contribution is 7.99. The van der Waals surface area contributed by atoms with E-state index >= 15 is 0 Å². The SMILES string of the molecule is Cc1cn(CCCC2=Cc3cc(Cl)ccc3C(C3CCN(C(=O)OC(C)(C)C)CC3)c3ncccc32)c(Sc2ccccc2)n1. The van der Waals surface area contributed by atoms with E-state index in [1.165, 1.54) is 21.6 Å². The van der Waals surface area contributed by atoms with E-state index < -0.39 is 5.60 Å². The van der Waals surface area contributed by atoms with Crippen molar-refractivity contribution in [3.05, 3.63) is 106 Å². The summed E-state index contributed by atoms with van der Waals surface area (Å²) in [6.07, 6.45) is 9.82.